The van der Waals surface area contributed by atoms with Crippen LogP contribution >= 0.6 is 0 Å². The van der Waals surface area contributed by atoms with Gasteiger partial charge in [0.2, 0.25) is 0 Å². The zero-order valence-electron chi connectivity index (χ0n) is 13.1. The minimum Gasteiger partial charge on any atom is -0.481 e. The Balaban J connectivity index is 2.10. The number of para-hydroxylation sites is 2. The molecule has 4 rings (SSSR count). The van der Waals surface area contributed by atoms with E-state index in [1.54, 1.807) is 6.33 Å². The summed E-state index contributed by atoms with van der Waals surface area (Å²) in [5.74, 6) is -0.0699. The van der Waals surface area contributed by atoms with Crippen LogP contribution < -0.4 is 0 Å². The van der Waals surface area contributed by atoms with Crippen LogP contribution in [0.3, 0.4) is 0 Å². The number of aliphatic carboxylic acids is 1. The Hall–Kier alpha value is -3.21. The average molecular weight is 317 g/mol. The molecule has 0 saturated carbocycles. The van der Waals surface area contributed by atoms with Crippen molar-refractivity contribution in [1.82, 2.24) is 14.5 Å². The molecule has 0 fully saturated rings. The van der Waals surface area contributed by atoms with Gasteiger partial charge in [0.25, 0.3) is 0 Å². The molecule has 0 atom stereocenters. The van der Waals surface area contributed by atoms with Crippen molar-refractivity contribution in [3.05, 3.63) is 66.1 Å². The second-order valence-corrected chi connectivity index (χ2v) is 5.70. The molecular weight excluding hydrogens is 302 g/mol. The predicted molar refractivity (Wildman–Crippen MR) is 92.4 cm³/mol. The molecule has 0 aliphatic carbocycles. The van der Waals surface area contributed by atoms with Crippen molar-refractivity contribution in [2.24, 2.45) is 0 Å². The van der Waals surface area contributed by atoms with E-state index in [-0.39, 0.29) is 6.42 Å². The lowest BCUT2D eigenvalue weighted by molar-refractivity contribution is -0.136. The minimum atomic E-state index is -0.839. The minimum absolute atomic E-state index is 0.0115. The van der Waals surface area contributed by atoms with E-state index in [1.807, 2.05) is 60.0 Å². The largest absolute Gasteiger partial charge is 0.481 e. The Morgan fingerprint density at radius 1 is 1.04 bits per heavy atom. The highest BCUT2D eigenvalue weighted by molar-refractivity contribution is 5.93. The molecule has 2 aromatic carbocycles. The number of nitrogens with zero attached hydrogens (tertiary/aromatic N) is 3. The number of rotatable bonds is 3. The second kappa shape index (κ2) is 5.45. The number of carboxylic acid groups (broad SMARTS) is 1. The van der Waals surface area contributed by atoms with E-state index >= 15 is 0 Å². The molecule has 0 saturated heterocycles. The first-order valence-electron chi connectivity index (χ1n) is 7.67. The smallest absolute Gasteiger partial charge is 0.307 e. The zero-order valence-corrected chi connectivity index (χ0v) is 13.1. The van der Waals surface area contributed by atoms with Crippen LogP contribution in [0, 0.1) is 6.92 Å². The van der Waals surface area contributed by atoms with Crippen molar-refractivity contribution < 1.29 is 9.90 Å². The highest BCUT2D eigenvalue weighted by atomic mass is 16.4. The van der Waals surface area contributed by atoms with E-state index in [4.69, 9.17) is 0 Å². The molecule has 0 aliphatic rings. The third-order valence-corrected chi connectivity index (χ3v) is 4.30. The number of fused-ring (bicyclic) bond motifs is 2. The maximum absolute atomic E-state index is 11.3. The van der Waals surface area contributed by atoms with Crippen LogP contribution in [0.1, 0.15) is 11.3 Å². The van der Waals surface area contributed by atoms with Crippen LogP contribution in [-0.4, -0.2) is 25.6 Å². The van der Waals surface area contributed by atoms with Crippen molar-refractivity contribution in [2.45, 2.75) is 13.3 Å². The second-order valence-electron chi connectivity index (χ2n) is 5.70. The molecule has 0 bridgehead atoms. The Morgan fingerprint density at radius 2 is 1.75 bits per heavy atom. The summed E-state index contributed by atoms with van der Waals surface area (Å²) in [5.41, 5.74) is 3.53. The molecule has 2 aromatic heterocycles. The summed E-state index contributed by atoms with van der Waals surface area (Å²) < 4.78 is 2.03. The van der Waals surface area contributed by atoms with Crippen LogP contribution in [0.15, 0.2) is 54.9 Å². The molecule has 24 heavy (non-hydrogen) atoms. The van der Waals surface area contributed by atoms with E-state index in [2.05, 4.69) is 9.97 Å². The lowest BCUT2D eigenvalue weighted by Gasteiger charge is -2.10. The van der Waals surface area contributed by atoms with Gasteiger partial charge < -0.3 is 5.11 Å². The van der Waals surface area contributed by atoms with Gasteiger partial charge in [-0.2, -0.15) is 0 Å². The molecule has 118 valence electrons. The standard InChI is InChI=1S/C19H15N3O2/c1-12-15(10-18(23)24)13-6-3-5-9-17(13)22(12)19-14-7-2-4-8-16(14)20-11-21-19/h2-9,11H,10H2,1H3,(H,23,24). The van der Waals surface area contributed by atoms with Gasteiger partial charge in [-0.3, -0.25) is 9.36 Å². The normalized spacial score (nSPS) is 11.2. The van der Waals surface area contributed by atoms with Crippen molar-refractivity contribution in [3.63, 3.8) is 0 Å². The van der Waals surface area contributed by atoms with Gasteiger partial charge in [-0.05, 0) is 30.7 Å². The fraction of sp³-hybridized carbons (Fsp3) is 0.105. The molecule has 4 aromatic rings. The summed E-state index contributed by atoms with van der Waals surface area (Å²) >= 11 is 0. The van der Waals surface area contributed by atoms with Gasteiger partial charge in [-0.15, -0.1) is 0 Å². The summed E-state index contributed by atoms with van der Waals surface area (Å²) in [6, 6.07) is 15.6. The molecular formula is C19H15N3O2. The average Bonchev–Trinajstić information content (AvgIpc) is 2.86. The SMILES string of the molecule is Cc1c(CC(=O)O)c2ccccc2n1-c1ncnc2ccccc12. The molecule has 2 heterocycles. The monoisotopic (exact) mass is 317 g/mol. The van der Waals surface area contributed by atoms with Crippen molar-refractivity contribution >= 4 is 27.8 Å². The number of carbonyl (C=O) groups is 1. The van der Waals surface area contributed by atoms with Crippen LogP contribution in [0.2, 0.25) is 0 Å². The number of hydrogen-bond donors (Lipinski definition) is 1. The summed E-state index contributed by atoms with van der Waals surface area (Å²) in [6.45, 7) is 1.94. The Kier molecular flexibility index (Phi) is 3.27. The first kappa shape index (κ1) is 14.4. The Bertz CT molecular complexity index is 1080. The molecule has 0 unspecified atom stereocenters. The van der Waals surface area contributed by atoms with Crippen molar-refractivity contribution in [2.75, 3.05) is 0 Å². The lowest BCUT2D eigenvalue weighted by atomic mass is 10.1. The topological polar surface area (TPSA) is 68.0 Å². The maximum atomic E-state index is 11.3. The highest BCUT2D eigenvalue weighted by Crippen LogP contribution is 2.31. The zero-order chi connectivity index (χ0) is 16.7. The third kappa shape index (κ3) is 2.13. The number of benzene rings is 2. The number of hydrogen-bond acceptors (Lipinski definition) is 3. The Morgan fingerprint density at radius 3 is 2.54 bits per heavy atom. The van der Waals surface area contributed by atoms with Crippen LogP contribution in [0.5, 0.6) is 0 Å². The van der Waals surface area contributed by atoms with Crippen LogP contribution in [-0.2, 0) is 11.2 Å². The fourth-order valence-corrected chi connectivity index (χ4v) is 3.25. The summed E-state index contributed by atoms with van der Waals surface area (Å²) in [7, 11) is 0. The van der Waals surface area contributed by atoms with Crippen LogP contribution in [0.4, 0.5) is 0 Å². The lowest BCUT2D eigenvalue weighted by Crippen LogP contribution is -2.04. The predicted octanol–water partition coefficient (Wildman–Crippen LogP) is 3.51. The van der Waals surface area contributed by atoms with Gasteiger partial charge in [0, 0.05) is 16.5 Å². The van der Waals surface area contributed by atoms with Gasteiger partial charge in [0.05, 0.1) is 17.5 Å². The maximum Gasteiger partial charge on any atom is 0.307 e. The molecule has 5 heteroatoms. The van der Waals surface area contributed by atoms with Gasteiger partial charge in [-0.1, -0.05) is 30.3 Å². The molecule has 1 N–H and O–H groups in total. The molecule has 0 radical (unpaired) electrons. The third-order valence-electron chi connectivity index (χ3n) is 4.30. The van der Waals surface area contributed by atoms with E-state index < -0.39 is 5.97 Å². The van der Waals surface area contributed by atoms with Crippen molar-refractivity contribution in [1.29, 1.82) is 0 Å². The summed E-state index contributed by atoms with van der Waals surface area (Å²) in [6.07, 6.45) is 1.53. The van der Waals surface area contributed by atoms with Gasteiger partial charge in [-0.25, -0.2) is 9.97 Å². The molecule has 5 nitrogen and oxygen atoms in total. The van der Waals surface area contributed by atoms with E-state index in [9.17, 15) is 9.90 Å². The van der Waals surface area contributed by atoms with Crippen LogP contribution in [0.25, 0.3) is 27.6 Å². The van der Waals surface area contributed by atoms with E-state index in [1.165, 1.54) is 0 Å². The summed E-state index contributed by atoms with van der Waals surface area (Å²) in [4.78, 5) is 20.1. The van der Waals surface area contributed by atoms with Crippen molar-refractivity contribution in [3.8, 4) is 5.82 Å². The first-order chi connectivity index (χ1) is 11.7. The molecule has 0 aliphatic heterocycles. The molecule has 0 spiro atoms. The summed E-state index contributed by atoms with van der Waals surface area (Å²) in [5, 5.41) is 11.1. The van der Waals surface area contributed by atoms with E-state index in [0.717, 1.165) is 38.9 Å². The fourth-order valence-electron chi connectivity index (χ4n) is 3.25. The molecule has 0 amide bonds. The van der Waals surface area contributed by atoms with Gasteiger partial charge in [0.1, 0.15) is 12.1 Å². The van der Waals surface area contributed by atoms with Gasteiger partial charge >= 0.3 is 5.97 Å². The van der Waals surface area contributed by atoms with Gasteiger partial charge in [0.15, 0.2) is 0 Å². The first-order valence-corrected chi connectivity index (χ1v) is 7.67. The Labute approximate surface area is 138 Å². The highest BCUT2D eigenvalue weighted by Gasteiger charge is 2.19. The number of carboxylic acids is 1. The van der Waals surface area contributed by atoms with E-state index in [0.29, 0.717) is 0 Å². The number of aromatic nitrogens is 3. The quantitative estimate of drug-likeness (QED) is 0.628.